The number of rotatable bonds is 4. The molecule has 0 aliphatic carbocycles. The number of unbranched alkanes of at least 4 members (excludes halogenated alkanes) is 2. The molecule has 0 aliphatic rings. The summed E-state index contributed by atoms with van der Waals surface area (Å²) in [5, 5.41) is 3.10. The predicted molar refractivity (Wildman–Crippen MR) is 46.4 cm³/mol. The molecule has 0 atom stereocenters. The van der Waals surface area contributed by atoms with Gasteiger partial charge in [0.05, 0.1) is 0 Å². The fourth-order valence-electron chi connectivity index (χ4n) is 0.954. The summed E-state index contributed by atoms with van der Waals surface area (Å²) in [4.78, 5) is 1.48. The maximum absolute atomic E-state index is 3.10. The Balaban J connectivity index is 2.15. The Morgan fingerprint density at radius 2 is 2.40 bits per heavy atom. The van der Waals surface area contributed by atoms with Crippen molar-refractivity contribution < 1.29 is 0 Å². The van der Waals surface area contributed by atoms with Crippen LogP contribution in [0.15, 0.2) is 12.1 Å². The zero-order valence-electron chi connectivity index (χ0n) is 6.39. The van der Waals surface area contributed by atoms with E-state index >= 15 is 0 Å². The lowest BCUT2D eigenvalue weighted by Crippen LogP contribution is -1.78. The molecule has 1 aromatic heterocycles. The summed E-state index contributed by atoms with van der Waals surface area (Å²) >= 11 is 1.75. The highest BCUT2D eigenvalue weighted by Crippen LogP contribution is 2.11. The summed E-state index contributed by atoms with van der Waals surface area (Å²) in [6, 6.07) is 4.17. The van der Waals surface area contributed by atoms with E-state index in [4.69, 9.17) is 0 Å². The van der Waals surface area contributed by atoms with Crippen LogP contribution in [0.5, 0.6) is 0 Å². The Morgan fingerprint density at radius 1 is 1.50 bits per heavy atom. The lowest BCUT2D eigenvalue weighted by Gasteiger charge is -1.93. The van der Waals surface area contributed by atoms with Crippen LogP contribution in [0.3, 0.4) is 0 Å². The molecule has 1 heterocycles. The van der Waals surface area contributed by atoms with E-state index in [0.717, 1.165) is 0 Å². The van der Waals surface area contributed by atoms with Gasteiger partial charge in [0, 0.05) is 10.3 Å². The molecular weight excluding hydrogens is 140 g/mol. The van der Waals surface area contributed by atoms with Gasteiger partial charge in [-0.1, -0.05) is 19.8 Å². The Kier molecular flexibility index (Phi) is 3.52. The van der Waals surface area contributed by atoms with Gasteiger partial charge in [-0.2, -0.15) is 0 Å². The number of thiophene rings is 1. The first-order chi connectivity index (χ1) is 4.93. The largest absolute Gasteiger partial charge is 0.139 e. The predicted octanol–water partition coefficient (Wildman–Crippen LogP) is 3.28. The van der Waals surface area contributed by atoms with Gasteiger partial charge in [0.2, 0.25) is 0 Å². The highest BCUT2D eigenvalue weighted by Gasteiger charge is 1.91. The lowest BCUT2D eigenvalue weighted by molar-refractivity contribution is 0.722. The molecule has 0 nitrogen and oxygen atoms in total. The summed E-state index contributed by atoms with van der Waals surface area (Å²) < 4.78 is 0. The van der Waals surface area contributed by atoms with E-state index in [0.29, 0.717) is 0 Å². The monoisotopic (exact) mass is 153 g/mol. The van der Waals surface area contributed by atoms with Crippen LogP contribution in [-0.2, 0) is 6.42 Å². The average Bonchev–Trinajstić information content (AvgIpc) is 2.41. The van der Waals surface area contributed by atoms with Crippen molar-refractivity contribution in [1.82, 2.24) is 0 Å². The molecule has 0 unspecified atom stereocenters. The lowest BCUT2D eigenvalue weighted by atomic mass is 10.2. The third-order valence-electron chi connectivity index (χ3n) is 1.55. The van der Waals surface area contributed by atoms with Crippen molar-refractivity contribution in [1.29, 1.82) is 0 Å². The van der Waals surface area contributed by atoms with Gasteiger partial charge in [-0.15, -0.1) is 11.3 Å². The summed E-state index contributed by atoms with van der Waals surface area (Å²) in [5.41, 5.74) is 0. The van der Waals surface area contributed by atoms with Gasteiger partial charge in [-0.05, 0) is 25.0 Å². The van der Waals surface area contributed by atoms with E-state index in [-0.39, 0.29) is 0 Å². The van der Waals surface area contributed by atoms with E-state index in [2.05, 4.69) is 18.4 Å². The van der Waals surface area contributed by atoms with Crippen molar-refractivity contribution in [3.63, 3.8) is 0 Å². The fraction of sp³-hybridized carbons (Fsp3) is 0.556. The summed E-state index contributed by atoms with van der Waals surface area (Å²) in [7, 11) is 0. The number of hydrogen-bond acceptors (Lipinski definition) is 1. The normalized spacial score (nSPS) is 10.1. The smallest absolute Gasteiger partial charge is 0.0445 e. The fourth-order valence-corrected chi connectivity index (χ4v) is 1.62. The van der Waals surface area contributed by atoms with Gasteiger partial charge >= 0.3 is 0 Å². The molecule has 10 heavy (non-hydrogen) atoms. The Morgan fingerprint density at radius 3 is 3.00 bits per heavy atom. The van der Waals surface area contributed by atoms with Crippen LogP contribution in [-0.4, -0.2) is 0 Å². The van der Waals surface area contributed by atoms with Crippen molar-refractivity contribution in [2.75, 3.05) is 0 Å². The Bertz CT molecular complexity index is 153. The van der Waals surface area contributed by atoms with Crippen LogP contribution in [0.4, 0.5) is 0 Å². The first-order valence-electron chi connectivity index (χ1n) is 3.88. The summed E-state index contributed by atoms with van der Waals surface area (Å²) in [6.45, 7) is 2.24. The third kappa shape index (κ3) is 2.53. The highest BCUT2D eigenvalue weighted by atomic mass is 32.1. The van der Waals surface area contributed by atoms with Crippen molar-refractivity contribution in [3.05, 3.63) is 22.4 Å². The molecule has 0 fully saturated rings. The summed E-state index contributed by atoms with van der Waals surface area (Å²) in [6.07, 6.45) is 5.26. The van der Waals surface area contributed by atoms with Gasteiger partial charge in [-0.25, -0.2) is 0 Å². The van der Waals surface area contributed by atoms with E-state index in [1.807, 2.05) is 6.07 Å². The van der Waals surface area contributed by atoms with Crippen molar-refractivity contribution in [3.8, 4) is 0 Å². The number of hydrogen-bond donors (Lipinski definition) is 0. The average molecular weight is 153 g/mol. The van der Waals surface area contributed by atoms with Crippen molar-refractivity contribution in [2.45, 2.75) is 32.6 Å². The van der Waals surface area contributed by atoms with Crippen LogP contribution < -0.4 is 0 Å². The first kappa shape index (κ1) is 7.80. The SMILES string of the molecule is CCCCCc1cc[c]s1. The molecule has 0 saturated carbocycles. The van der Waals surface area contributed by atoms with E-state index < -0.39 is 0 Å². The van der Waals surface area contributed by atoms with Crippen molar-refractivity contribution in [2.24, 2.45) is 0 Å². The third-order valence-corrected chi connectivity index (χ3v) is 2.41. The summed E-state index contributed by atoms with van der Waals surface area (Å²) in [5.74, 6) is 0. The van der Waals surface area contributed by atoms with Crippen LogP contribution in [0.1, 0.15) is 31.1 Å². The molecule has 0 bridgehead atoms. The van der Waals surface area contributed by atoms with Gasteiger partial charge < -0.3 is 0 Å². The van der Waals surface area contributed by atoms with Crippen LogP contribution in [0.25, 0.3) is 0 Å². The first-order valence-corrected chi connectivity index (χ1v) is 4.70. The second-order valence-corrected chi connectivity index (χ2v) is 3.44. The quantitative estimate of drug-likeness (QED) is 0.582. The molecule has 0 N–H and O–H groups in total. The van der Waals surface area contributed by atoms with Crippen LogP contribution in [0, 0.1) is 5.38 Å². The van der Waals surface area contributed by atoms with Crippen LogP contribution in [0.2, 0.25) is 0 Å². The van der Waals surface area contributed by atoms with E-state index in [1.165, 1.54) is 30.6 Å². The maximum Gasteiger partial charge on any atom is 0.0445 e. The van der Waals surface area contributed by atoms with Crippen molar-refractivity contribution >= 4 is 11.3 Å². The molecule has 1 aromatic rings. The molecule has 0 aromatic carbocycles. The number of aryl methyl sites for hydroxylation is 1. The zero-order valence-corrected chi connectivity index (χ0v) is 7.21. The standard InChI is InChI=1S/C9H13S/c1-2-3-4-6-9-7-5-8-10-9/h5,7H,2-4,6H2,1H3. The second-order valence-electron chi connectivity index (χ2n) is 2.48. The maximum atomic E-state index is 3.10. The van der Waals surface area contributed by atoms with Gasteiger partial charge in [0.15, 0.2) is 0 Å². The van der Waals surface area contributed by atoms with E-state index in [1.54, 1.807) is 11.3 Å². The van der Waals surface area contributed by atoms with Gasteiger partial charge in [0.25, 0.3) is 0 Å². The molecule has 0 spiro atoms. The second kappa shape index (κ2) is 4.51. The van der Waals surface area contributed by atoms with E-state index in [9.17, 15) is 0 Å². The molecule has 0 aliphatic heterocycles. The minimum absolute atomic E-state index is 1.25. The molecule has 1 radical (unpaired) electrons. The molecule has 0 amide bonds. The molecule has 1 rings (SSSR count). The minimum atomic E-state index is 1.25. The zero-order chi connectivity index (χ0) is 7.23. The van der Waals surface area contributed by atoms with Gasteiger partial charge in [0.1, 0.15) is 0 Å². The Hall–Kier alpha value is -0.300. The molecule has 55 valence electrons. The minimum Gasteiger partial charge on any atom is -0.139 e. The van der Waals surface area contributed by atoms with Gasteiger partial charge in [-0.3, -0.25) is 0 Å². The Labute approximate surface area is 66.9 Å². The topological polar surface area (TPSA) is 0 Å². The molecule has 1 heteroatoms. The molecular formula is C9H13S. The molecule has 0 saturated heterocycles. The highest BCUT2D eigenvalue weighted by molar-refractivity contribution is 7.09. The van der Waals surface area contributed by atoms with Crippen LogP contribution >= 0.6 is 11.3 Å².